The molecule has 226 valence electrons. The van der Waals surface area contributed by atoms with Crippen LogP contribution in [0.1, 0.15) is 158 Å². The molecule has 3 aliphatic rings. The summed E-state index contributed by atoms with van der Waals surface area (Å²) in [5.41, 5.74) is 8.52. The fraction of sp³-hybridized carbons (Fsp3) is 0.649. The minimum Gasteiger partial charge on any atom is -0.388 e. The topological polar surface area (TPSA) is 62.6 Å². The Morgan fingerprint density at radius 3 is 2.24 bits per heavy atom. The molecule has 2 aromatic rings. The van der Waals surface area contributed by atoms with Crippen LogP contribution >= 0.6 is 0 Å². The van der Waals surface area contributed by atoms with Crippen LogP contribution in [0.3, 0.4) is 0 Å². The van der Waals surface area contributed by atoms with Crippen molar-refractivity contribution in [2.24, 2.45) is 11.3 Å². The maximum absolute atomic E-state index is 12.0. The van der Waals surface area contributed by atoms with Crippen molar-refractivity contribution >= 4 is 5.57 Å². The van der Waals surface area contributed by atoms with Gasteiger partial charge in [0.2, 0.25) is 0 Å². The monoisotopic (exact) mass is 561 g/mol. The van der Waals surface area contributed by atoms with Crippen LogP contribution in [0.4, 0.5) is 0 Å². The van der Waals surface area contributed by atoms with Gasteiger partial charge < -0.3 is 14.9 Å². The number of aliphatic hydroxyl groups is 2. The van der Waals surface area contributed by atoms with Crippen LogP contribution in [-0.2, 0) is 16.6 Å². The maximum atomic E-state index is 12.0. The Balaban J connectivity index is 0.000000714. The summed E-state index contributed by atoms with van der Waals surface area (Å²) in [6.07, 6.45) is 8.85. The van der Waals surface area contributed by atoms with E-state index < -0.39 is 12.2 Å². The first kappa shape index (κ1) is 31.9. The summed E-state index contributed by atoms with van der Waals surface area (Å²) in [4.78, 5) is 5.32. The number of hydrogen-bond acceptors (Lipinski definition) is 4. The summed E-state index contributed by atoms with van der Waals surface area (Å²) in [6.45, 7) is 19.2. The molecule has 0 radical (unpaired) electrons. The van der Waals surface area contributed by atoms with E-state index in [1.807, 2.05) is 0 Å². The molecule has 4 heteroatoms. The van der Waals surface area contributed by atoms with E-state index in [4.69, 9.17) is 9.72 Å². The van der Waals surface area contributed by atoms with Gasteiger partial charge in [-0.2, -0.15) is 0 Å². The molecule has 1 aromatic heterocycles. The van der Waals surface area contributed by atoms with Gasteiger partial charge in [-0.3, -0.25) is 4.98 Å². The van der Waals surface area contributed by atoms with E-state index in [-0.39, 0.29) is 16.7 Å². The van der Waals surface area contributed by atoms with Crippen LogP contribution in [0.25, 0.3) is 5.57 Å². The molecular weight excluding hydrogens is 506 g/mol. The first-order valence-electron chi connectivity index (χ1n) is 16.1. The average Bonchev–Trinajstić information content (AvgIpc) is 3.46. The SMILES string of the molecule is CC1(C)Cc2nc(C3CCOCC3)c(C(O)c3ccc(C(C)(C)C)cc3)c(C3=CCCC3)c2C(O)C1.CCC(C)C. The number of rotatable bonds is 5. The van der Waals surface area contributed by atoms with E-state index in [9.17, 15) is 10.2 Å². The van der Waals surface area contributed by atoms with Crippen molar-refractivity contribution in [1.29, 1.82) is 0 Å². The summed E-state index contributed by atoms with van der Waals surface area (Å²) in [5.74, 6) is 1.14. The van der Waals surface area contributed by atoms with Gasteiger partial charge in [0.05, 0.1) is 11.8 Å². The Morgan fingerprint density at radius 2 is 1.71 bits per heavy atom. The fourth-order valence-electron chi connectivity index (χ4n) is 6.46. The third-order valence-electron chi connectivity index (χ3n) is 9.26. The zero-order valence-corrected chi connectivity index (χ0v) is 27.0. The molecule has 2 atom stereocenters. The normalized spacial score (nSPS) is 21.6. The van der Waals surface area contributed by atoms with E-state index in [0.29, 0.717) is 6.42 Å². The van der Waals surface area contributed by atoms with Crippen molar-refractivity contribution in [1.82, 2.24) is 4.98 Å². The summed E-state index contributed by atoms with van der Waals surface area (Å²) in [5, 5.41) is 23.5. The van der Waals surface area contributed by atoms with Gasteiger partial charge in [0.1, 0.15) is 6.10 Å². The second-order valence-electron chi connectivity index (χ2n) is 14.8. The van der Waals surface area contributed by atoms with E-state index in [1.54, 1.807) is 0 Å². The quantitative estimate of drug-likeness (QED) is 0.382. The Hall–Kier alpha value is -2.01. The van der Waals surface area contributed by atoms with Gasteiger partial charge in [-0.05, 0) is 84.0 Å². The predicted molar refractivity (Wildman–Crippen MR) is 170 cm³/mol. The van der Waals surface area contributed by atoms with E-state index >= 15 is 0 Å². The zero-order chi connectivity index (χ0) is 29.9. The summed E-state index contributed by atoms with van der Waals surface area (Å²) in [7, 11) is 0. The Labute approximate surface area is 249 Å². The third-order valence-corrected chi connectivity index (χ3v) is 9.26. The molecule has 0 amide bonds. The number of benzene rings is 1. The smallest absolute Gasteiger partial charge is 0.106 e. The van der Waals surface area contributed by atoms with Crippen molar-refractivity contribution in [2.75, 3.05) is 13.2 Å². The van der Waals surface area contributed by atoms with Gasteiger partial charge in [-0.25, -0.2) is 0 Å². The van der Waals surface area contributed by atoms with E-state index in [2.05, 4.69) is 85.7 Å². The highest BCUT2D eigenvalue weighted by molar-refractivity contribution is 5.75. The number of hydrogen-bond donors (Lipinski definition) is 2. The lowest BCUT2D eigenvalue weighted by molar-refractivity contribution is 0.0823. The summed E-state index contributed by atoms with van der Waals surface area (Å²) >= 11 is 0. The van der Waals surface area contributed by atoms with E-state index in [0.717, 1.165) is 91.3 Å². The predicted octanol–water partition coefficient (Wildman–Crippen LogP) is 8.98. The number of ether oxygens (including phenoxy) is 1. The largest absolute Gasteiger partial charge is 0.388 e. The molecule has 1 aliphatic heterocycles. The molecule has 1 saturated heterocycles. The highest BCUT2D eigenvalue weighted by Crippen LogP contribution is 2.49. The highest BCUT2D eigenvalue weighted by atomic mass is 16.5. The van der Waals surface area contributed by atoms with Gasteiger partial charge in [0, 0.05) is 36.0 Å². The molecular formula is C37H55NO3. The Bertz CT molecular complexity index is 1200. The first-order chi connectivity index (χ1) is 19.3. The zero-order valence-electron chi connectivity index (χ0n) is 27.0. The maximum Gasteiger partial charge on any atom is 0.106 e. The number of aromatic nitrogens is 1. The van der Waals surface area contributed by atoms with Crippen molar-refractivity contribution < 1.29 is 14.9 Å². The minimum atomic E-state index is -0.784. The number of pyridine rings is 1. The van der Waals surface area contributed by atoms with Crippen LogP contribution in [0.2, 0.25) is 0 Å². The number of aliphatic hydroxyl groups excluding tert-OH is 2. The van der Waals surface area contributed by atoms with Gasteiger partial charge in [-0.1, -0.05) is 92.2 Å². The second-order valence-corrected chi connectivity index (χ2v) is 14.8. The molecule has 2 unspecified atom stereocenters. The fourth-order valence-corrected chi connectivity index (χ4v) is 6.46. The van der Waals surface area contributed by atoms with Crippen LogP contribution in [0.5, 0.6) is 0 Å². The molecule has 2 aliphatic carbocycles. The Morgan fingerprint density at radius 1 is 1.07 bits per heavy atom. The molecule has 5 rings (SSSR count). The van der Waals surface area contributed by atoms with Crippen molar-refractivity contribution in [3.05, 3.63) is 69.5 Å². The van der Waals surface area contributed by atoms with Crippen LogP contribution in [0.15, 0.2) is 30.3 Å². The molecule has 1 aromatic carbocycles. The highest BCUT2D eigenvalue weighted by Gasteiger charge is 2.39. The first-order valence-corrected chi connectivity index (χ1v) is 16.1. The average molecular weight is 562 g/mol. The molecule has 0 saturated carbocycles. The summed E-state index contributed by atoms with van der Waals surface area (Å²) in [6, 6.07) is 8.43. The molecule has 1 fully saturated rings. The van der Waals surface area contributed by atoms with Crippen molar-refractivity contribution in [3.8, 4) is 0 Å². The van der Waals surface area contributed by atoms with Crippen molar-refractivity contribution in [3.63, 3.8) is 0 Å². The molecule has 0 spiro atoms. The van der Waals surface area contributed by atoms with Gasteiger partial charge in [-0.15, -0.1) is 0 Å². The Kier molecular flexibility index (Phi) is 10.2. The molecule has 2 N–H and O–H groups in total. The number of allylic oxidation sites excluding steroid dienone is 2. The van der Waals surface area contributed by atoms with Crippen LogP contribution in [0, 0.1) is 11.3 Å². The standard InChI is InChI=1S/C32H43NO3.C5H12/c1-31(2,3)23-12-10-22(11-13-23)30(35)28-26(20-8-6-7-9-20)27-24(18-32(4,5)19-25(27)34)33-29(28)21-14-16-36-17-15-21;1-4-5(2)3/h8,10-13,21,25,30,34-35H,6-7,9,14-19H2,1-5H3;5H,4H2,1-3H3. The molecule has 2 heterocycles. The lowest BCUT2D eigenvalue weighted by Crippen LogP contribution is -2.30. The van der Waals surface area contributed by atoms with E-state index in [1.165, 1.54) is 17.6 Å². The third kappa shape index (κ3) is 7.50. The van der Waals surface area contributed by atoms with Crippen LogP contribution in [-0.4, -0.2) is 28.4 Å². The lowest BCUT2D eigenvalue weighted by atomic mass is 9.71. The van der Waals surface area contributed by atoms with Gasteiger partial charge >= 0.3 is 0 Å². The van der Waals surface area contributed by atoms with Gasteiger partial charge in [0.25, 0.3) is 0 Å². The van der Waals surface area contributed by atoms with Crippen LogP contribution < -0.4 is 0 Å². The number of fused-ring (bicyclic) bond motifs is 1. The number of nitrogens with zero attached hydrogens (tertiary/aromatic N) is 1. The lowest BCUT2D eigenvalue weighted by Gasteiger charge is -2.38. The molecule has 41 heavy (non-hydrogen) atoms. The van der Waals surface area contributed by atoms with Gasteiger partial charge in [0.15, 0.2) is 0 Å². The van der Waals surface area contributed by atoms with Crippen molar-refractivity contribution in [2.45, 2.75) is 130 Å². The molecule has 0 bridgehead atoms. The summed E-state index contributed by atoms with van der Waals surface area (Å²) < 4.78 is 5.70. The second kappa shape index (κ2) is 13.1. The molecule has 4 nitrogen and oxygen atoms in total. The minimum absolute atomic E-state index is 0.00336.